The highest BCUT2D eigenvalue weighted by atomic mass is 16.5. The third-order valence-electron chi connectivity index (χ3n) is 3.17. The molecule has 0 aromatic heterocycles. The van der Waals surface area contributed by atoms with E-state index in [1.54, 1.807) is 24.3 Å². The fourth-order valence-electron chi connectivity index (χ4n) is 2.14. The first-order valence-corrected chi connectivity index (χ1v) is 6.00. The topological polar surface area (TPSA) is 78.9 Å². The van der Waals surface area contributed by atoms with E-state index in [0.717, 1.165) is 0 Å². The SMILES string of the molecule is COC1CC(C(=O)O)N(C(=O)Nc2ccccc2)C1. The molecule has 1 aliphatic rings. The van der Waals surface area contributed by atoms with Crippen LogP contribution in [0.5, 0.6) is 0 Å². The summed E-state index contributed by atoms with van der Waals surface area (Å²) in [5.41, 5.74) is 0.637. The van der Waals surface area contributed by atoms with Crippen molar-refractivity contribution in [2.75, 3.05) is 19.0 Å². The van der Waals surface area contributed by atoms with Crippen LogP contribution in [0.25, 0.3) is 0 Å². The van der Waals surface area contributed by atoms with Crippen molar-refractivity contribution in [1.29, 1.82) is 0 Å². The monoisotopic (exact) mass is 264 g/mol. The van der Waals surface area contributed by atoms with Crippen molar-refractivity contribution in [2.45, 2.75) is 18.6 Å². The number of ether oxygens (including phenoxy) is 1. The molecule has 2 unspecified atom stereocenters. The number of carboxylic acid groups (broad SMARTS) is 1. The van der Waals surface area contributed by atoms with Crippen molar-refractivity contribution in [2.24, 2.45) is 0 Å². The van der Waals surface area contributed by atoms with E-state index in [1.165, 1.54) is 12.0 Å². The van der Waals surface area contributed by atoms with Crippen LogP contribution in [0.3, 0.4) is 0 Å². The molecule has 1 aromatic carbocycles. The van der Waals surface area contributed by atoms with Gasteiger partial charge in [0.1, 0.15) is 6.04 Å². The van der Waals surface area contributed by atoms with Gasteiger partial charge in [-0.15, -0.1) is 0 Å². The zero-order chi connectivity index (χ0) is 13.8. The van der Waals surface area contributed by atoms with Crippen molar-refractivity contribution in [3.05, 3.63) is 30.3 Å². The first-order valence-electron chi connectivity index (χ1n) is 6.00. The number of nitrogens with zero attached hydrogens (tertiary/aromatic N) is 1. The number of urea groups is 1. The van der Waals surface area contributed by atoms with Gasteiger partial charge in [0.15, 0.2) is 0 Å². The summed E-state index contributed by atoms with van der Waals surface area (Å²) in [6.07, 6.45) is 0.0799. The highest BCUT2D eigenvalue weighted by Crippen LogP contribution is 2.21. The Morgan fingerprint density at radius 3 is 2.63 bits per heavy atom. The van der Waals surface area contributed by atoms with Crippen LogP contribution in [0.4, 0.5) is 10.5 Å². The van der Waals surface area contributed by atoms with Gasteiger partial charge in [-0.05, 0) is 12.1 Å². The van der Waals surface area contributed by atoms with Crippen LogP contribution >= 0.6 is 0 Å². The number of amides is 2. The molecule has 19 heavy (non-hydrogen) atoms. The van der Waals surface area contributed by atoms with Crippen molar-refractivity contribution in [3.8, 4) is 0 Å². The lowest BCUT2D eigenvalue weighted by atomic mass is 10.2. The quantitative estimate of drug-likeness (QED) is 0.864. The number of aliphatic carboxylic acids is 1. The fraction of sp³-hybridized carbons (Fsp3) is 0.385. The molecule has 0 saturated carbocycles. The molecule has 102 valence electrons. The third-order valence-corrected chi connectivity index (χ3v) is 3.17. The second-order valence-electron chi connectivity index (χ2n) is 4.40. The molecule has 1 aromatic rings. The number of rotatable bonds is 3. The number of para-hydroxylation sites is 1. The molecule has 2 N–H and O–H groups in total. The Balaban J connectivity index is 2.07. The Labute approximate surface area is 111 Å². The maximum atomic E-state index is 12.1. The van der Waals surface area contributed by atoms with Crippen molar-refractivity contribution in [3.63, 3.8) is 0 Å². The second-order valence-corrected chi connectivity index (χ2v) is 4.40. The van der Waals surface area contributed by atoms with Crippen LogP contribution in [-0.4, -0.2) is 47.8 Å². The fourth-order valence-corrected chi connectivity index (χ4v) is 2.14. The van der Waals surface area contributed by atoms with Gasteiger partial charge in [-0.3, -0.25) is 0 Å². The molecule has 1 heterocycles. The van der Waals surface area contributed by atoms with Crippen LogP contribution in [0, 0.1) is 0 Å². The maximum absolute atomic E-state index is 12.1. The van der Waals surface area contributed by atoms with Gasteiger partial charge >= 0.3 is 12.0 Å². The minimum atomic E-state index is -1.01. The summed E-state index contributed by atoms with van der Waals surface area (Å²) in [6, 6.07) is 7.67. The van der Waals surface area contributed by atoms with Crippen LogP contribution in [0.15, 0.2) is 30.3 Å². The molecule has 1 fully saturated rings. The number of carboxylic acids is 1. The number of nitrogens with one attached hydrogen (secondary N) is 1. The standard InChI is InChI=1S/C13H16N2O4/c1-19-10-7-11(12(16)17)15(8-10)13(18)14-9-5-3-2-4-6-9/h2-6,10-11H,7-8H2,1H3,(H,14,18)(H,16,17). The molecule has 2 amide bonds. The number of carbonyl (C=O) groups is 2. The van der Waals surface area contributed by atoms with Crippen LogP contribution in [0.1, 0.15) is 6.42 Å². The number of hydrogen-bond donors (Lipinski definition) is 2. The van der Waals surface area contributed by atoms with E-state index in [1.807, 2.05) is 6.07 Å². The third kappa shape index (κ3) is 3.03. The van der Waals surface area contributed by atoms with Crippen molar-refractivity contribution in [1.82, 2.24) is 4.90 Å². The molecule has 0 radical (unpaired) electrons. The van der Waals surface area contributed by atoms with Crippen LogP contribution < -0.4 is 5.32 Å². The number of carbonyl (C=O) groups excluding carboxylic acids is 1. The van der Waals surface area contributed by atoms with E-state index in [-0.39, 0.29) is 12.6 Å². The summed E-state index contributed by atoms with van der Waals surface area (Å²) in [6.45, 7) is 0.284. The normalized spacial score (nSPS) is 22.3. The predicted molar refractivity (Wildman–Crippen MR) is 69.0 cm³/mol. The average Bonchev–Trinajstić information content (AvgIpc) is 2.84. The molecule has 2 rings (SSSR count). The van der Waals surface area contributed by atoms with Gasteiger partial charge in [-0.25, -0.2) is 9.59 Å². The summed E-state index contributed by atoms with van der Waals surface area (Å²) in [5, 5.41) is 11.8. The van der Waals surface area contributed by atoms with E-state index in [9.17, 15) is 9.59 Å². The number of hydrogen-bond acceptors (Lipinski definition) is 3. The van der Waals surface area contributed by atoms with E-state index in [2.05, 4.69) is 5.32 Å². The molecule has 6 nitrogen and oxygen atoms in total. The lowest BCUT2D eigenvalue weighted by molar-refractivity contribution is -0.141. The minimum Gasteiger partial charge on any atom is -0.480 e. The molecule has 0 aliphatic carbocycles. The average molecular weight is 264 g/mol. The van der Waals surface area contributed by atoms with E-state index in [4.69, 9.17) is 9.84 Å². The molecule has 2 atom stereocenters. The molecule has 6 heteroatoms. The highest BCUT2D eigenvalue weighted by molar-refractivity contribution is 5.92. The zero-order valence-electron chi connectivity index (χ0n) is 10.6. The molecule has 1 aliphatic heterocycles. The van der Waals surface area contributed by atoms with Gasteiger partial charge in [0, 0.05) is 25.8 Å². The summed E-state index contributed by atoms with van der Waals surface area (Å²) in [7, 11) is 1.52. The highest BCUT2D eigenvalue weighted by Gasteiger charge is 2.39. The van der Waals surface area contributed by atoms with E-state index < -0.39 is 18.0 Å². The summed E-state index contributed by atoms with van der Waals surface area (Å²) < 4.78 is 5.14. The number of anilines is 1. The van der Waals surface area contributed by atoms with Crippen molar-refractivity contribution < 1.29 is 19.4 Å². The first-order chi connectivity index (χ1) is 9.11. The number of benzene rings is 1. The van der Waals surface area contributed by atoms with E-state index >= 15 is 0 Å². The Morgan fingerprint density at radius 2 is 2.05 bits per heavy atom. The maximum Gasteiger partial charge on any atom is 0.326 e. The summed E-state index contributed by atoms with van der Waals surface area (Å²) in [5.74, 6) is -1.01. The first kappa shape index (κ1) is 13.4. The Hall–Kier alpha value is -2.08. The Kier molecular flexibility index (Phi) is 4.01. The van der Waals surface area contributed by atoms with Gasteiger partial charge in [0.2, 0.25) is 0 Å². The smallest absolute Gasteiger partial charge is 0.326 e. The number of likely N-dealkylation sites (tertiary alicyclic amines) is 1. The minimum absolute atomic E-state index is 0.234. The molecular formula is C13H16N2O4. The Bertz CT molecular complexity index is 463. The lowest BCUT2D eigenvalue weighted by Crippen LogP contribution is -2.43. The summed E-state index contributed by atoms with van der Waals surface area (Å²) >= 11 is 0. The van der Waals surface area contributed by atoms with Gasteiger partial charge in [-0.2, -0.15) is 0 Å². The summed E-state index contributed by atoms with van der Waals surface area (Å²) in [4.78, 5) is 24.5. The van der Waals surface area contributed by atoms with Crippen LogP contribution in [0.2, 0.25) is 0 Å². The molecule has 0 bridgehead atoms. The predicted octanol–water partition coefficient (Wildman–Crippen LogP) is 1.39. The second kappa shape index (κ2) is 5.71. The van der Waals surface area contributed by atoms with Crippen molar-refractivity contribution >= 4 is 17.7 Å². The van der Waals surface area contributed by atoms with Gasteiger partial charge in [-0.1, -0.05) is 18.2 Å². The molecule has 0 spiro atoms. The lowest BCUT2D eigenvalue weighted by Gasteiger charge is -2.21. The van der Waals surface area contributed by atoms with Crippen LogP contribution in [-0.2, 0) is 9.53 Å². The van der Waals surface area contributed by atoms with Gasteiger partial charge < -0.3 is 20.1 Å². The van der Waals surface area contributed by atoms with E-state index in [0.29, 0.717) is 12.1 Å². The van der Waals surface area contributed by atoms with Gasteiger partial charge in [0.25, 0.3) is 0 Å². The zero-order valence-corrected chi connectivity index (χ0v) is 10.6. The molecular weight excluding hydrogens is 248 g/mol. The Morgan fingerprint density at radius 1 is 1.37 bits per heavy atom. The number of methoxy groups -OCH3 is 1. The van der Waals surface area contributed by atoms with Gasteiger partial charge in [0.05, 0.1) is 6.10 Å². The largest absolute Gasteiger partial charge is 0.480 e. The molecule has 1 saturated heterocycles.